The second-order valence-corrected chi connectivity index (χ2v) is 7.89. The first-order chi connectivity index (χ1) is 13.5. The van der Waals surface area contributed by atoms with E-state index in [2.05, 4.69) is 22.3 Å². The molecule has 2 aromatic carbocycles. The molecule has 1 fully saturated rings. The molecule has 3 rings (SSSR count). The summed E-state index contributed by atoms with van der Waals surface area (Å²) in [5, 5.41) is 3.51. The van der Waals surface area contributed by atoms with Crippen molar-refractivity contribution >= 4 is 29.0 Å². The van der Waals surface area contributed by atoms with Crippen molar-refractivity contribution in [1.29, 1.82) is 0 Å². The number of Topliss-reactive ketones (excluding diaryl/α,β-unsaturated/α-hetero) is 1. The van der Waals surface area contributed by atoms with Gasteiger partial charge in [0.15, 0.2) is 5.78 Å². The molecule has 1 aliphatic rings. The van der Waals surface area contributed by atoms with Crippen molar-refractivity contribution in [3.8, 4) is 0 Å². The third-order valence-electron chi connectivity index (χ3n) is 5.31. The van der Waals surface area contributed by atoms with Gasteiger partial charge in [-0.1, -0.05) is 23.7 Å². The van der Waals surface area contributed by atoms with Gasteiger partial charge in [-0.3, -0.25) is 9.59 Å². The fourth-order valence-electron chi connectivity index (χ4n) is 3.81. The molecule has 0 aliphatic carbocycles. The summed E-state index contributed by atoms with van der Waals surface area (Å²) in [5.41, 5.74) is 2.90. The molecule has 0 unspecified atom stereocenters. The van der Waals surface area contributed by atoms with Crippen LogP contribution in [-0.2, 0) is 4.79 Å². The molecule has 0 saturated carbocycles. The molecule has 0 bridgehead atoms. The van der Waals surface area contributed by atoms with Crippen molar-refractivity contribution in [3.05, 3.63) is 64.7 Å². The van der Waals surface area contributed by atoms with Gasteiger partial charge in [0.1, 0.15) is 0 Å². The smallest absolute Gasteiger partial charge is 0.221 e. The van der Waals surface area contributed by atoms with Gasteiger partial charge in [0, 0.05) is 29.6 Å². The van der Waals surface area contributed by atoms with Crippen molar-refractivity contribution in [2.75, 3.05) is 25.0 Å². The maximum atomic E-state index is 12.3. The molecule has 5 heteroatoms. The number of ketones is 1. The molecular weight excluding hydrogens is 372 g/mol. The van der Waals surface area contributed by atoms with Crippen LogP contribution in [0, 0.1) is 0 Å². The second-order valence-electron chi connectivity index (χ2n) is 7.46. The summed E-state index contributed by atoms with van der Waals surface area (Å²) in [6, 6.07) is 15.3. The van der Waals surface area contributed by atoms with Crippen LogP contribution in [0.1, 0.15) is 54.4 Å². The van der Waals surface area contributed by atoms with Crippen LogP contribution >= 0.6 is 11.6 Å². The summed E-state index contributed by atoms with van der Waals surface area (Å²) in [4.78, 5) is 25.9. The largest absolute Gasteiger partial charge is 0.326 e. The van der Waals surface area contributed by atoms with Gasteiger partial charge in [-0.25, -0.2) is 0 Å². The number of rotatable bonds is 7. The molecule has 0 spiro atoms. The van der Waals surface area contributed by atoms with Gasteiger partial charge in [0.2, 0.25) is 5.91 Å². The molecule has 1 heterocycles. The van der Waals surface area contributed by atoms with Gasteiger partial charge in [0.05, 0.1) is 0 Å². The van der Waals surface area contributed by atoms with Crippen LogP contribution in [0.4, 0.5) is 5.69 Å². The maximum Gasteiger partial charge on any atom is 0.221 e. The van der Waals surface area contributed by atoms with Gasteiger partial charge >= 0.3 is 0 Å². The second kappa shape index (κ2) is 9.85. The SMILES string of the molecule is CC(=O)Nc1cccc(C2CCN(CCCC(=O)c3ccc(Cl)cc3)CC2)c1. The number of halogens is 1. The third-order valence-corrected chi connectivity index (χ3v) is 5.56. The Bertz CT molecular complexity index is 812. The summed E-state index contributed by atoms with van der Waals surface area (Å²) in [7, 11) is 0. The Hall–Kier alpha value is -2.17. The fourth-order valence-corrected chi connectivity index (χ4v) is 3.93. The van der Waals surface area contributed by atoms with Gasteiger partial charge in [-0.15, -0.1) is 0 Å². The highest BCUT2D eigenvalue weighted by molar-refractivity contribution is 6.30. The average molecular weight is 399 g/mol. The minimum Gasteiger partial charge on any atom is -0.326 e. The Labute approximate surface area is 171 Å². The first-order valence-electron chi connectivity index (χ1n) is 9.90. The van der Waals surface area contributed by atoms with Gasteiger partial charge < -0.3 is 10.2 Å². The molecule has 0 radical (unpaired) electrons. The molecule has 0 aromatic heterocycles. The zero-order chi connectivity index (χ0) is 19.9. The summed E-state index contributed by atoms with van der Waals surface area (Å²) in [6.07, 6.45) is 3.66. The van der Waals surface area contributed by atoms with Crippen LogP contribution in [0.5, 0.6) is 0 Å². The van der Waals surface area contributed by atoms with Crippen molar-refractivity contribution in [2.45, 2.75) is 38.5 Å². The van der Waals surface area contributed by atoms with E-state index < -0.39 is 0 Å². The van der Waals surface area contributed by atoms with Gasteiger partial charge in [0.25, 0.3) is 0 Å². The number of likely N-dealkylation sites (tertiary alicyclic amines) is 1. The van der Waals surface area contributed by atoms with Crippen LogP contribution < -0.4 is 5.32 Å². The van der Waals surface area contributed by atoms with Crippen molar-refractivity contribution in [3.63, 3.8) is 0 Å². The number of carbonyl (C=O) groups excluding carboxylic acids is 2. The molecule has 0 atom stereocenters. The van der Waals surface area contributed by atoms with Gasteiger partial charge in [-0.2, -0.15) is 0 Å². The quantitative estimate of drug-likeness (QED) is 0.657. The predicted molar refractivity (Wildman–Crippen MR) is 114 cm³/mol. The zero-order valence-electron chi connectivity index (χ0n) is 16.3. The lowest BCUT2D eigenvalue weighted by atomic mass is 9.89. The van der Waals surface area contributed by atoms with E-state index in [1.54, 1.807) is 24.3 Å². The van der Waals surface area contributed by atoms with E-state index in [4.69, 9.17) is 11.6 Å². The van der Waals surface area contributed by atoms with Crippen LogP contribution in [0.15, 0.2) is 48.5 Å². The Kier molecular flexibility index (Phi) is 7.24. The topological polar surface area (TPSA) is 49.4 Å². The molecule has 2 aromatic rings. The Morgan fingerprint density at radius 2 is 1.82 bits per heavy atom. The predicted octanol–water partition coefficient (Wildman–Crippen LogP) is 5.14. The standard InChI is InChI=1S/C23H27ClN2O2/c1-17(27)25-22-5-2-4-20(16-22)18-11-14-26(15-12-18)13-3-6-23(28)19-7-9-21(24)10-8-19/h2,4-5,7-10,16,18H,3,6,11-15H2,1H3,(H,25,27). The molecule has 148 valence electrons. The monoisotopic (exact) mass is 398 g/mol. The molecule has 1 saturated heterocycles. The Balaban J connectivity index is 1.42. The third kappa shape index (κ3) is 5.91. The normalized spacial score (nSPS) is 15.4. The minimum atomic E-state index is -0.0416. The van der Waals surface area contributed by atoms with Gasteiger partial charge in [-0.05, 0) is 86.8 Å². The van der Waals surface area contributed by atoms with E-state index in [0.29, 0.717) is 17.4 Å². The van der Waals surface area contributed by atoms with E-state index in [1.807, 2.05) is 12.1 Å². The molecule has 1 aliphatic heterocycles. The molecule has 4 nitrogen and oxygen atoms in total. The molecular formula is C23H27ClN2O2. The van der Waals surface area contributed by atoms with Crippen LogP contribution in [0.3, 0.4) is 0 Å². The maximum absolute atomic E-state index is 12.3. The van der Waals surface area contributed by atoms with Crippen molar-refractivity contribution in [2.24, 2.45) is 0 Å². The van der Waals surface area contributed by atoms with E-state index in [9.17, 15) is 9.59 Å². The lowest BCUT2D eigenvalue weighted by molar-refractivity contribution is -0.114. The first-order valence-corrected chi connectivity index (χ1v) is 10.3. The number of benzene rings is 2. The van der Waals surface area contributed by atoms with Crippen molar-refractivity contribution < 1.29 is 9.59 Å². The fraction of sp³-hybridized carbons (Fsp3) is 0.391. The summed E-state index contributed by atoms with van der Waals surface area (Å²) in [5.74, 6) is 0.669. The summed E-state index contributed by atoms with van der Waals surface area (Å²) >= 11 is 5.87. The Morgan fingerprint density at radius 3 is 2.50 bits per heavy atom. The number of carbonyl (C=O) groups is 2. The minimum absolute atomic E-state index is 0.0416. The van der Waals surface area contributed by atoms with E-state index in [-0.39, 0.29) is 11.7 Å². The number of nitrogens with one attached hydrogen (secondary N) is 1. The van der Waals surface area contributed by atoms with Crippen LogP contribution in [-0.4, -0.2) is 36.2 Å². The first kappa shape index (κ1) is 20.6. The van der Waals surface area contributed by atoms with E-state index in [1.165, 1.54) is 12.5 Å². The average Bonchev–Trinajstić information content (AvgIpc) is 2.69. The zero-order valence-corrected chi connectivity index (χ0v) is 17.0. The number of anilines is 1. The molecule has 1 N–H and O–H groups in total. The highest BCUT2D eigenvalue weighted by Gasteiger charge is 2.20. The van der Waals surface area contributed by atoms with E-state index >= 15 is 0 Å². The Morgan fingerprint density at radius 1 is 1.11 bits per heavy atom. The highest BCUT2D eigenvalue weighted by Crippen LogP contribution is 2.29. The van der Waals surface area contributed by atoms with E-state index in [0.717, 1.165) is 50.1 Å². The lowest BCUT2D eigenvalue weighted by Gasteiger charge is -2.32. The summed E-state index contributed by atoms with van der Waals surface area (Å²) < 4.78 is 0. The summed E-state index contributed by atoms with van der Waals surface area (Å²) in [6.45, 7) is 4.58. The number of hydrogen-bond acceptors (Lipinski definition) is 3. The number of piperidine rings is 1. The van der Waals surface area contributed by atoms with Crippen molar-refractivity contribution in [1.82, 2.24) is 4.90 Å². The number of nitrogens with zero attached hydrogens (tertiary/aromatic N) is 1. The molecule has 28 heavy (non-hydrogen) atoms. The number of hydrogen-bond donors (Lipinski definition) is 1. The lowest BCUT2D eigenvalue weighted by Crippen LogP contribution is -2.33. The van der Waals surface area contributed by atoms with Crippen LogP contribution in [0.25, 0.3) is 0 Å². The molecule has 1 amide bonds. The number of amides is 1. The van der Waals surface area contributed by atoms with Crippen LogP contribution in [0.2, 0.25) is 5.02 Å². The highest BCUT2D eigenvalue weighted by atomic mass is 35.5.